The molecule has 0 radical (unpaired) electrons. The van der Waals surface area contributed by atoms with Gasteiger partial charge in [0.05, 0.1) is 11.1 Å². The lowest BCUT2D eigenvalue weighted by Gasteiger charge is -2.41. The van der Waals surface area contributed by atoms with Gasteiger partial charge >= 0.3 is 0 Å². The van der Waals surface area contributed by atoms with E-state index >= 15 is 0 Å². The minimum atomic E-state index is -0.937. The molecular weight excluding hydrogens is 384 g/mol. The first kappa shape index (κ1) is 20.5. The second kappa shape index (κ2) is 7.50. The van der Waals surface area contributed by atoms with Crippen LogP contribution >= 0.6 is 0 Å². The van der Waals surface area contributed by atoms with Crippen LogP contribution in [0, 0.1) is 11.3 Å². The number of nitrogens with zero attached hydrogens (tertiary/aromatic N) is 2. The molecule has 2 saturated heterocycles. The van der Waals surface area contributed by atoms with Crippen LogP contribution in [-0.4, -0.2) is 54.2 Å². The first-order chi connectivity index (χ1) is 14.2. The van der Waals surface area contributed by atoms with Crippen molar-refractivity contribution < 1.29 is 19.2 Å². The Morgan fingerprint density at radius 1 is 1.03 bits per heavy atom. The molecule has 1 aromatic carbocycles. The molecule has 4 amide bonds. The Kier molecular flexibility index (Phi) is 5.13. The summed E-state index contributed by atoms with van der Waals surface area (Å²) in [7, 11) is 0. The van der Waals surface area contributed by atoms with Crippen molar-refractivity contribution in [2.45, 2.75) is 45.6 Å². The van der Waals surface area contributed by atoms with Gasteiger partial charge in [-0.15, -0.1) is 0 Å². The number of hydrogen-bond acceptors (Lipinski definition) is 6. The average molecular weight is 412 g/mol. The Morgan fingerprint density at radius 3 is 2.33 bits per heavy atom. The van der Waals surface area contributed by atoms with Crippen molar-refractivity contribution in [2.75, 3.05) is 24.5 Å². The molecular formula is C22H28N4O4. The molecule has 0 spiro atoms. The molecule has 8 nitrogen and oxygen atoms in total. The van der Waals surface area contributed by atoms with Crippen LogP contribution in [-0.2, 0) is 9.59 Å². The van der Waals surface area contributed by atoms with E-state index in [-0.39, 0.29) is 24.2 Å². The molecule has 0 saturated carbocycles. The summed E-state index contributed by atoms with van der Waals surface area (Å²) in [6.07, 6.45) is 2.32. The second-order valence-corrected chi connectivity index (χ2v) is 9.13. The van der Waals surface area contributed by atoms with Crippen molar-refractivity contribution in [1.29, 1.82) is 0 Å². The molecule has 8 heteroatoms. The number of piperidine rings is 2. The summed E-state index contributed by atoms with van der Waals surface area (Å²) in [5, 5.41) is 2.22. The lowest BCUT2D eigenvalue weighted by molar-refractivity contribution is -0.136. The standard InChI is InChI=1S/C22H28N4O4/c1-22(2,12-23)13-7-9-25(10-8-13)14-3-4-15-16(11-14)21(30)26(20(15)29)17-5-6-18(27)24-19(17)28/h3-4,11,13,17H,5-10,12,23H2,1-2H3,(H,24,27,28). The van der Waals surface area contributed by atoms with Crippen molar-refractivity contribution >= 4 is 29.3 Å². The van der Waals surface area contributed by atoms with E-state index in [4.69, 9.17) is 5.73 Å². The molecule has 0 aromatic heterocycles. The molecule has 1 atom stereocenters. The van der Waals surface area contributed by atoms with Crippen LogP contribution in [0.25, 0.3) is 0 Å². The van der Waals surface area contributed by atoms with Gasteiger partial charge < -0.3 is 10.6 Å². The van der Waals surface area contributed by atoms with Crippen molar-refractivity contribution in [1.82, 2.24) is 10.2 Å². The van der Waals surface area contributed by atoms with Crippen LogP contribution in [0.3, 0.4) is 0 Å². The van der Waals surface area contributed by atoms with Crippen LogP contribution in [0.5, 0.6) is 0 Å². The van der Waals surface area contributed by atoms with E-state index in [1.165, 1.54) is 0 Å². The minimum Gasteiger partial charge on any atom is -0.371 e. The summed E-state index contributed by atoms with van der Waals surface area (Å²) in [5.41, 5.74) is 7.58. The Hall–Kier alpha value is -2.74. The molecule has 1 aromatic rings. The molecule has 0 aliphatic carbocycles. The number of amides is 4. The van der Waals surface area contributed by atoms with Gasteiger partial charge in [0.15, 0.2) is 0 Å². The first-order valence-corrected chi connectivity index (χ1v) is 10.5. The maximum atomic E-state index is 13.0. The average Bonchev–Trinajstić information content (AvgIpc) is 2.98. The Balaban J connectivity index is 1.52. The number of anilines is 1. The number of nitrogens with one attached hydrogen (secondary N) is 1. The number of fused-ring (bicyclic) bond motifs is 1. The van der Waals surface area contributed by atoms with E-state index in [2.05, 4.69) is 24.1 Å². The molecule has 160 valence electrons. The fourth-order valence-corrected chi connectivity index (χ4v) is 4.74. The predicted molar refractivity (Wildman–Crippen MR) is 111 cm³/mol. The second-order valence-electron chi connectivity index (χ2n) is 9.13. The summed E-state index contributed by atoms with van der Waals surface area (Å²) in [6.45, 7) is 6.80. The summed E-state index contributed by atoms with van der Waals surface area (Å²) < 4.78 is 0. The largest absolute Gasteiger partial charge is 0.371 e. The van der Waals surface area contributed by atoms with E-state index < -0.39 is 23.8 Å². The Bertz CT molecular complexity index is 918. The molecule has 2 fully saturated rings. The van der Waals surface area contributed by atoms with Crippen molar-refractivity contribution in [3.8, 4) is 0 Å². The van der Waals surface area contributed by atoms with Gasteiger partial charge in [0.2, 0.25) is 11.8 Å². The SMILES string of the molecule is CC(C)(CN)C1CCN(c2ccc3c(c2)C(=O)N(C2CCC(=O)NC2=O)C3=O)CC1. The lowest BCUT2D eigenvalue weighted by Crippen LogP contribution is -2.54. The molecule has 0 bridgehead atoms. The fraction of sp³-hybridized carbons (Fsp3) is 0.545. The van der Waals surface area contributed by atoms with Crippen LogP contribution in [0.2, 0.25) is 0 Å². The molecule has 3 aliphatic heterocycles. The number of carbonyl (C=O) groups excluding carboxylic acids is 4. The summed E-state index contributed by atoms with van der Waals surface area (Å²) in [5.74, 6) is -1.36. The third-order valence-electron chi connectivity index (χ3n) is 6.91. The van der Waals surface area contributed by atoms with Crippen LogP contribution in [0.1, 0.15) is 60.2 Å². The summed E-state index contributed by atoms with van der Waals surface area (Å²) in [6, 6.07) is 4.36. The van der Waals surface area contributed by atoms with E-state index in [1.807, 2.05) is 6.07 Å². The van der Waals surface area contributed by atoms with Crippen molar-refractivity contribution in [3.05, 3.63) is 29.3 Å². The van der Waals surface area contributed by atoms with Gasteiger partial charge in [-0.2, -0.15) is 0 Å². The van der Waals surface area contributed by atoms with Gasteiger partial charge in [0, 0.05) is 25.2 Å². The highest BCUT2D eigenvalue weighted by molar-refractivity contribution is 6.23. The fourth-order valence-electron chi connectivity index (χ4n) is 4.74. The maximum absolute atomic E-state index is 13.0. The van der Waals surface area contributed by atoms with Crippen LogP contribution in [0.15, 0.2) is 18.2 Å². The van der Waals surface area contributed by atoms with Gasteiger partial charge in [-0.3, -0.25) is 29.4 Å². The predicted octanol–water partition coefficient (Wildman–Crippen LogP) is 1.29. The number of rotatable bonds is 4. The number of carbonyl (C=O) groups is 4. The molecule has 30 heavy (non-hydrogen) atoms. The smallest absolute Gasteiger partial charge is 0.262 e. The number of hydrogen-bond donors (Lipinski definition) is 2. The molecule has 4 rings (SSSR count). The quantitative estimate of drug-likeness (QED) is 0.721. The van der Waals surface area contributed by atoms with E-state index in [0.29, 0.717) is 23.6 Å². The number of imide groups is 2. The van der Waals surface area contributed by atoms with Crippen molar-refractivity contribution in [2.24, 2.45) is 17.1 Å². The third-order valence-corrected chi connectivity index (χ3v) is 6.91. The highest BCUT2D eigenvalue weighted by Gasteiger charge is 2.44. The van der Waals surface area contributed by atoms with E-state index in [0.717, 1.165) is 36.5 Å². The normalized spacial score (nSPS) is 23.1. The maximum Gasteiger partial charge on any atom is 0.262 e. The molecule has 3 aliphatic rings. The third kappa shape index (κ3) is 3.39. The van der Waals surface area contributed by atoms with Gasteiger partial charge in [-0.1, -0.05) is 13.8 Å². The lowest BCUT2D eigenvalue weighted by atomic mass is 9.74. The Labute approximate surface area is 175 Å². The van der Waals surface area contributed by atoms with Gasteiger partial charge in [-0.05, 0) is 55.3 Å². The zero-order valence-corrected chi connectivity index (χ0v) is 17.4. The van der Waals surface area contributed by atoms with Gasteiger partial charge in [0.25, 0.3) is 11.8 Å². The van der Waals surface area contributed by atoms with Gasteiger partial charge in [0.1, 0.15) is 6.04 Å². The number of nitrogens with two attached hydrogens (primary N) is 1. The topological polar surface area (TPSA) is 113 Å². The monoisotopic (exact) mass is 412 g/mol. The number of benzene rings is 1. The van der Waals surface area contributed by atoms with E-state index in [1.54, 1.807) is 12.1 Å². The van der Waals surface area contributed by atoms with Gasteiger partial charge in [-0.25, -0.2) is 0 Å². The summed E-state index contributed by atoms with van der Waals surface area (Å²) in [4.78, 5) is 52.7. The van der Waals surface area contributed by atoms with Crippen LogP contribution < -0.4 is 16.0 Å². The molecule has 3 N–H and O–H groups in total. The minimum absolute atomic E-state index is 0.106. The zero-order chi connectivity index (χ0) is 21.6. The molecule has 3 heterocycles. The zero-order valence-electron chi connectivity index (χ0n) is 17.4. The van der Waals surface area contributed by atoms with E-state index in [9.17, 15) is 19.2 Å². The Morgan fingerprint density at radius 2 is 1.70 bits per heavy atom. The van der Waals surface area contributed by atoms with Crippen molar-refractivity contribution in [3.63, 3.8) is 0 Å². The van der Waals surface area contributed by atoms with Crippen LogP contribution in [0.4, 0.5) is 5.69 Å². The highest BCUT2D eigenvalue weighted by Crippen LogP contribution is 2.36. The first-order valence-electron chi connectivity index (χ1n) is 10.5. The highest BCUT2D eigenvalue weighted by atomic mass is 16.2. The molecule has 1 unspecified atom stereocenters. The summed E-state index contributed by atoms with van der Waals surface area (Å²) >= 11 is 0.